The number of carbonyl (C=O) groups excluding carboxylic acids is 1. The van der Waals surface area contributed by atoms with Gasteiger partial charge in [0.15, 0.2) is 0 Å². The highest BCUT2D eigenvalue weighted by Gasteiger charge is 2.22. The quantitative estimate of drug-likeness (QED) is 0.627. The molecule has 0 aromatic rings. The maximum atomic E-state index is 11.8. The zero-order valence-corrected chi connectivity index (χ0v) is 11.5. The van der Waals surface area contributed by atoms with Crippen LogP contribution in [0.2, 0.25) is 0 Å². The molecule has 0 heterocycles. The van der Waals surface area contributed by atoms with Crippen molar-refractivity contribution in [1.29, 1.82) is 0 Å². The molecule has 0 saturated heterocycles. The molecule has 0 amide bonds. The first-order valence-corrected chi connectivity index (χ1v) is 6.80. The van der Waals surface area contributed by atoms with E-state index in [0.29, 0.717) is 19.3 Å². The highest BCUT2D eigenvalue weighted by molar-refractivity contribution is 5.79. The lowest BCUT2D eigenvalue weighted by Gasteiger charge is -2.17. The number of carboxylic acids is 1. The second-order valence-corrected chi connectivity index (χ2v) is 5.48. The van der Waals surface area contributed by atoms with E-state index in [4.69, 9.17) is 10.8 Å². The van der Waals surface area contributed by atoms with Gasteiger partial charge in [0, 0.05) is 18.3 Å². The number of nitrogens with two attached hydrogens (primary N) is 1. The van der Waals surface area contributed by atoms with E-state index in [2.05, 4.69) is 19.1 Å². The van der Waals surface area contributed by atoms with Crippen LogP contribution >= 0.6 is 0 Å². The van der Waals surface area contributed by atoms with Crippen molar-refractivity contribution in [3.63, 3.8) is 0 Å². The topological polar surface area (TPSA) is 80.4 Å². The molecule has 1 rings (SSSR count). The van der Waals surface area contributed by atoms with Crippen molar-refractivity contribution in [2.45, 2.75) is 51.5 Å². The van der Waals surface area contributed by atoms with Gasteiger partial charge in [-0.25, -0.2) is 0 Å². The number of unbranched alkanes of at least 4 members (excludes halogenated alkanes) is 2. The summed E-state index contributed by atoms with van der Waals surface area (Å²) in [6.45, 7) is 2.05. The van der Waals surface area contributed by atoms with Crippen LogP contribution in [0.3, 0.4) is 0 Å². The van der Waals surface area contributed by atoms with Gasteiger partial charge >= 0.3 is 5.97 Å². The van der Waals surface area contributed by atoms with Gasteiger partial charge in [0.1, 0.15) is 11.8 Å². The van der Waals surface area contributed by atoms with Crippen LogP contribution in [0.15, 0.2) is 24.3 Å². The molecule has 4 heteroatoms. The van der Waals surface area contributed by atoms with E-state index in [1.165, 1.54) is 0 Å². The molecule has 0 aromatic carbocycles. The minimum absolute atomic E-state index is 0.108. The number of rotatable bonds is 9. The van der Waals surface area contributed by atoms with Crippen molar-refractivity contribution >= 4 is 11.8 Å². The molecule has 1 aliphatic carbocycles. The molecule has 1 aliphatic rings. The van der Waals surface area contributed by atoms with Gasteiger partial charge in [0.05, 0.1) is 0 Å². The summed E-state index contributed by atoms with van der Waals surface area (Å²) in [5, 5.41) is 8.62. The van der Waals surface area contributed by atoms with Gasteiger partial charge in [-0.1, -0.05) is 44.1 Å². The Bertz CT molecular complexity index is 373. The Balaban J connectivity index is 2.10. The highest BCUT2D eigenvalue weighted by atomic mass is 16.4. The van der Waals surface area contributed by atoms with Crippen LogP contribution in [0, 0.1) is 5.41 Å². The average molecular weight is 265 g/mol. The molecule has 0 radical (unpaired) electrons. The number of Topliss-reactive ketones (excluding diaryl/α,β-unsaturated/α-hetero) is 1. The number of allylic oxidation sites excluding steroid dienone is 4. The Hall–Kier alpha value is -1.42. The summed E-state index contributed by atoms with van der Waals surface area (Å²) in [7, 11) is 0. The maximum absolute atomic E-state index is 11.8. The van der Waals surface area contributed by atoms with E-state index in [1.54, 1.807) is 0 Å². The average Bonchev–Trinajstić information content (AvgIpc) is 2.74. The summed E-state index contributed by atoms with van der Waals surface area (Å²) in [6, 6.07) is -0.775. The molecule has 19 heavy (non-hydrogen) atoms. The Morgan fingerprint density at radius 3 is 2.42 bits per heavy atom. The molecule has 0 spiro atoms. The van der Waals surface area contributed by atoms with E-state index in [0.717, 1.165) is 19.3 Å². The molecule has 3 N–H and O–H groups in total. The summed E-state index contributed by atoms with van der Waals surface area (Å²) < 4.78 is 0. The Morgan fingerprint density at radius 2 is 1.84 bits per heavy atom. The van der Waals surface area contributed by atoms with Crippen molar-refractivity contribution < 1.29 is 14.7 Å². The van der Waals surface area contributed by atoms with Crippen LogP contribution in [-0.2, 0) is 9.59 Å². The number of carboxylic acid groups (broad SMARTS) is 1. The lowest BCUT2D eigenvalue weighted by atomic mass is 9.86. The fraction of sp³-hybridized carbons (Fsp3) is 0.600. The zero-order chi connectivity index (χ0) is 14.3. The maximum Gasteiger partial charge on any atom is 0.320 e. The third kappa shape index (κ3) is 5.83. The second-order valence-electron chi connectivity index (χ2n) is 5.48. The van der Waals surface area contributed by atoms with Crippen LogP contribution in [0.1, 0.15) is 45.4 Å². The summed E-state index contributed by atoms with van der Waals surface area (Å²) >= 11 is 0. The van der Waals surface area contributed by atoms with E-state index in [1.807, 2.05) is 12.2 Å². The molecular weight excluding hydrogens is 242 g/mol. The van der Waals surface area contributed by atoms with Crippen molar-refractivity contribution in [3.8, 4) is 0 Å². The molecule has 0 bridgehead atoms. The molecule has 0 aliphatic heterocycles. The third-order valence-corrected chi connectivity index (χ3v) is 3.43. The van der Waals surface area contributed by atoms with Crippen LogP contribution in [0.4, 0.5) is 0 Å². The lowest BCUT2D eigenvalue weighted by Crippen LogP contribution is -2.29. The first kappa shape index (κ1) is 15.6. The van der Waals surface area contributed by atoms with Crippen molar-refractivity contribution in [2.24, 2.45) is 11.1 Å². The largest absolute Gasteiger partial charge is 0.480 e. The van der Waals surface area contributed by atoms with E-state index in [-0.39, 0.29) is 11.2 Å². The third-order valence-electron chi connectivity index (χ3n) is 3.43. The first-order valence-electron chi connectivity index (χ1n) is 6.80. The SMILES string of the molecule is CC1(CC(=O)CCCCC[C@H](N)C(=O)O)C=CC=C1. The van der Waals surface area contributed by atoms with Crippen molar-refractivity contribution in [2.75, 3.05) is 0 Å². The molecule has 0 unspecified atom stereocenters. The van der Waals surface area contributed by atoms with Gasteiger partial charge in [-0.3, -0.25) is 9.59 Å². The Labute approximate surface area is 114 Å². The first-order chi connectivity index (χ1) is 8.93. The number of hydrogen-bond donors (Lipinski definition) is 2. The summed E-state index contributed by atoms with van der Waals surface area (Å²) in [6.07, 6.45) is 12.1. The number of ketones is 1. The van der Waals surface area contributed by atoms with Crippen LogP contribution in [-0.4, -0.2) is 22.9 Å². The van der Waals surface area contributed by atoms with Crippen LogP contribution < -0.4 is 5.73 Å². The van der Waals surface area contributed by atoms with Crippen LogP contribution in [0.25, 0.3) is 0 Å². The minimum Gasteiger partial charge on any atom is -0.480 e. The fourth-order valence-electron chi connectivity index (χ4n) is 2.22. The molecule has 0 fully saturated rings. The molecule has 0 saturated carbocycles. The van der Waals surface area contributed by atoms with E-state index in [9.17, 15) is 9.59 Å². The number of carbonyl (C=O) groups is 2. The molecule has 106 valence electrons. The molecule has 0 aromatic heterocycles. The standard InChI is InChI=1S/C15H23NO3/c1-15(9-5-6-10-15)11-12(17)7-3-2-4-8-13(16)14(18)19/h5-6,9-10,13H,2-4,7-8,11,16H2,1H3,(H,18,19)/t13-/m0/s1. The molecule has 1 atom stereocenters. The predicted molar refractivity (Wildman–Crippen MR) is 74.7 cm³/mol. The number of aliphatic carboxylic acids is 1. The van der Waals surface area contributed by atoms with Crippen molar-refractivity contribution in [3.05, 3.63) is 24.3 Å². The van der Waals surface area contributed by atoms with Gasteiger partial charge in [-0.15, -0.1) is 0 Å². The Morgan fingerprint density at radius 1 is 1.21 bits per heavy atom. The zero-order valence-electron chi connectivity index (χ0n) is 11.5. The fourth-order valence-corrected chi connectivity index (χ4v) is 2.22. The van der Waals surface area contributed by atoms with Gasteiger partial charge < -0.3 is 10.8 Å². The van der Waals surface area contributed by atoms with E-state index < -0.39 is 12.0 Å². The van der Waals surface area contributed by atoms with Crippen molar-refractivity contribution in [1.82, 2.24) is 0 Å². The van der Waals surface area contributed by atoms with Gasteiger partial charge in [-0.05, 0) is 12.8 Å². The van der Waals surface area contributed by atoms with E-state index >= 15 is 0 Å². The minimum atomic E-state index is -0.955. The second kappa shape index (κ2) is 7.24. The summed E-state index contributed by atoms with van der Waals surface area (Å²) in [5.41, 5.74) is 5.29. The number of hydrogen-bond acceptors (Lipinski definition) is 3. The Kier molecular flexibility index (Phi) is 5.96. The summed E-state index contributed by atoms with van der Waals surface area (Å²) in [4.78, 5) is 22.3. The predicted octanol–water partition coefficient (Wildman–Crippen LogP) is 2.44. The van der Waals surface area contributed by atoms with Crippen LogP contribution in [0.5, 0.6) is 0 Å². The smallest absolute Gasteiger partial charge is 0.320 e. The molecule has 4 nitrogen and oxygen atoms in total. The van der Waals surface area contributed by atoms with Gasteiger partial charge in [0.2, 0.25) is 0 Å². The highest BCUT2D eigenvalue weighted by Crippen LogP contribution is 2.30. The molecular formula is C15H23NO3. The summed E-state index contributed by atoms with van der Waals surface area (Å²) in [5.74, 6) is -0.690. The van der Waals surface area contributed by atoms with Gasteiger partial charge in [0.25, 0.3) is 0 Å². The monoisotopic (exact) mass is 265 g/mol. The lowest BCUT2D eigenvalue weighted by molar-refractivity contribution is -0.138. The van der Waals surface area contributed by atoms with Gasteiger partial charge in [-0.2, -0.15) is 0 Å². The normalized spacial score (nSPS) is 17.6.